The second-order valence-electron chi connectivity index (χ2n) is 3.78. The van der Waals surface area contributed by atoms with Gasteiger partial charge in [-0.15, -0.1) is 12.4 Å². The van der Waals surface area contributed by atoms with Crippen LogP contribution < -0.4 is 5.73 Å². The molecule has 18 heavy (non-hydrogen) atoms. The molecule has 102 valence electrons. The third-order valence-corrected chi connectivity index (χ3v) is 2.95. The Hall–Kier alpha value is -0.620. The number of nitrogens with zero attached hydrogens (tertiary/aromatic N) is 1. The first-order valence-corrected chi connectivity index (χ1v) is 6.10. The number of hydrogen-bond acceptors (Lipinski definition) is 3. The Labute approximate surface area is 122 Å². The molecule has 1 aromatic rings. The van der Waals surface area contributed by atoms with Crippen LogP contribution in [0.3, 0.4) is 0 Å². The second-order valence-corrected chi connectivity index (χ2v) is 4.70. The van der Waals surface area contributed by atoms with E-state index in [1.165, 1.54) is 7.11 Å². The monoisotopic (exact) mass is 336 g/mol. The number of nitrogens with two attached hydrogens (primary N) is 1. The summed E-state index contributed by atoms with van der Waals surface area (Å²) in [4.78, 5) is 13.5. The summed E-state index contributed by atoms with van der Waals surface area (Å²) in [5.74, 6) is -0.102. The van der Waals surface area contributed by atoms with E-state index >= 15 is 0 Å². The van der Waals surface area contributed by atoms with Gasteiger partial charge in [-0.25, -0.2) is 0 Å². The lowest BCUT2D eigenvalue weighted by atomic mass is 10.2. The van der Waals surface area contributed by atoms with E-state index in [4.69, 9.17) is 10.5 Å². The molecule has 1 atom stereocenters. The van der Waals surface area contributed by atoms with Crippen LogP contribution in [0.15, 0.2) is 28.7 Å². The van der Waals surface area contributed by atoms with Gasteiger partial charge in [0, 0.05) is 31.7 Å². The minimum atomic E-state index is -0.563. The Kier molecular flexibility index (Phi) is 8.18. The van der Waals surface area contributed by atoms with Crippen LogP contribution in [-0.2, 0) is 16.1 Å². The average Bonchev–Trinajstić information content (AvgIpc) is 2.30. The van der Waals surface area contributed by atoms with Crippen molar-refractivity contribution < 1.29 is 9.53 Å². The minimum absolute atomic E-state index is 0. The number of halogens is 2. The molecule has 0 fully saturated rings. The number of carbonyl (C=O) groups excluding carboxylic acids is 1. The van der Waals surface area contributed by atoms with Crippen molar-refractivity contribution in [3.05, 3.63) is 34.3 Å². The van der Waals surface area contributed by atoms with Crippen LogP contribution in [0.5, 0.6) is 0 Å². The molecule has 1 unspecified atom stereocenters. The molecular weight excluding hydrogens is 320 g/mol. The van der Waals surface area contributed by atoms with Crippen LogP contribution in [0.25, 0.3) is 0 Å². The van der Waals surface area contributed by atoms with Gasteiger partial charge in [-0.1, -0.05) is 28.1 Å². The summed E-state index contributed by atoms with van der Waals surface area (Å²) in [7, 11) is 3.23. The number of ether oxygens (including phenoxy) is 1. The molecule has 0 bridgehead atoms. The third-order valence-electron chi connectivity index (χ3n) is 2.46. The maximum atomic E-state index is 11.9. The molecule has 1 rings (SSSR count). The van der Waals surface area contributed by atoms with Gasteiger partial charge in [0.1, 0.15) is 6.10 Å². The maximum Gasteiger partial charge on any atom is 0.253 e. The molecule has 0 saturated carbocycles. The number of methoxy groups -OCH3 is 1. The highest BCUT2D eigenvalue weighted by molar-refractivity contribution is 9.10. The van der Waals surface area contributed by atoms with E-state index in [0.29, 0.717) is 6.54 Å². The predicted molar refractivity (Wildman–Crippen MR) is 77.7 cm³/mol. The van der Waals surface area contributed by atoms with Crippen LogP contribution in [0.4, 0.5) is 0 Å². The molecule has 0 heterocycles. The van der Waals surface area contributed by atoms with Crippen molar-refractivity contribution in [2.75, 3.05) is 20.7 Å². The first kappa shape index (κ1) is 17.4. The van der Waals surface area contributed by atoms with Gasteiger partial charge in [-0.05, 0) is 17.7 Å². The molecule has 2 N–H and O–H groups in total. The maximum absolute atomic E-state index is 11.9. The van der Waals surface area contributed by atoms with E-state index < -0.39 is 6.10 Å². The molecule has 0 spiro atoms. The number of carbonyl (C=O) groups is 1. The van der Waals surface area contributed by atoms with Gasteiger partial charge in [-0.2, -0.15) is 0 Å². The van der Waals surface area contributed by atoms with Crippen molar-refractivity contribution in [3.63, 3.8) is 0 Å². The van der Waals surface area contributed by atoms with Gasteiger partial charge < -0.3 is 15.4 Å². The first-order chi connectivity index (χ1) is 8.08. The number of rotatable bonds is 5. The highest BCUT2D eigenvalue weighted by atomic mass is 79.9. The molecule has 0 radical (unpaired) electrons. The van der Waals surface area contributed by atoms with E-state index in [1.54, 1.807) is 11.9 Å². The molecule has 0 aliphatic carbocycles. The summed E-state index contributed by atoms with van der Waals surface area (Å²) in [6, 6.07) is 7.84. The molecule has 0 aromatic heterocycles. The largest absolute Gasteiger partial charge is 0.370 e. The quantitative estimate of drug-likeness (QED) is 0.891. The zero-order chi connectivity index (χ0) is 12.8. The van der Waals surface area contributed by atoms with Crippen molar-refractivity contribution in [2.45, 2.75) is 12.6 Å². The Morgan fingerprint density at radius 3 is 2.72 bits per heavy atom. The normalized spacial score (nSPS) is 11.6. The molecular formula is C12H18BrClN2O2. The van der Waals surface area contributed by atoms with Crippen LogP contribution in [0.2, 0.25) is 0 Å². The van der Waals surface area contributed by atoms with Crippen molar-refractivity contribution in [1.29, 1.82) is 0 Å². The van der Waals surface area contributed by atoms with Crippen LogP contribution in [-0.4, -0.2) is 37.6 Å². The predicted octanol–water partition coefficient (Wildman–Crippen LogP) is 1.80. The molecule has 1 aromatic carbocycles. The fraction of sp³-hybridized carbons (Fsp3) is 0.417. The first-order valence-electron chi connectivity index (χ1n) is 5.30. The number of hydrogen-bond donors (Lipinski definition) is 1. The topological polar surface area (TPSA) is 55.6 Å². The van der Waals surface area contributed by atoms with E-state index in [-0.39, 0.29) is 24.9 Å². The van der Waals surface area contributed by atoms with Gasteiger partial charge in [0.15, 0.2) is 0 Å². The van der Waals surface area contributed by atoms with E-state index in [1.807, 2.05) is 24.3 Å². The van der Waals surface area contributed by atoms with E-state index in [2.05, 4.69) is 15.9 Å². The fourth-order valence-electron chi connectivity index (χ4n) is 1.53. The molecule has 1 amide bonds. The molecule has 0 aliphatic heterocycles. The van der Waals surface area contributed by atoms with Crippen LogP contribution in [0, 0.1) is 0 Å². The minimum Gasteiger partial charge on any atom is -0.370 e. The van der Waals surface area contributed by atoms with E-state index in [9.17, 15) is 4.79 Å². The van der Waals surface area contributed by atoms with Crippen molar-refractivity contribution in [3.8, 4) is 0 Å². The van der Waals surface area contributed by atoms with Gasteiger partial charge in [0.25, 0.3) is 5.91 Å². The number of amides is 1. The fourth-order valence-corrected chi connectivity index (χ4v) is 1.98. The molecule has 0 saturated heterocycles. The lowest BCUT2D eigenvalue weighted by molar-refractivity contribution is -0.140. The van der Waals surface area contributed by atoms with E-state index in [0.717, 1.165) is 10.0 Å². The molecule has 4 nitrogen and oxygen atoms in total. The lowest BCUT2D eigenvalue weighted by Gasteiger charge is -2.22. The van der Waals surface area contributed by atoms with Crippen LogP contribution in [0.1, 0.15) is 5.56 Å². The Bertz CT molecular complexity index is 386. The number of benzene rings is 1. The number of likely N-dealkylation sites (N-methyl/N-ethyl adjacent to an activating group) is 1. The molecule has 6 heteroatoms. The Morgan fingerprint density at radius 2 is 2.22 bits per heavy atom. The Balaban J connectivity index is 0.00000289. The van der Waals surface area contributed by atoms with Crippen molar-refractivity contribution in [1.82, 2.24) is 4.90 Å². The van der Waals surface area contributed by atoms with Gasteiger partial charge in [-0.3, -0.25) is 4.79 Å². The highest BCUT2D eigenvalue weighted by Crippen LogP contribution is 2.13. The van der Waals surface area contributed by atoms with Gasteiger partial charge in [0.05, 0.1) is 0 Å². The standard InChI is InChI=1S/C12H17BrN2O2.ClH/c1-15(12(16)11(7-14)17-2)8-9-4-3-5-10(13)6-9;/h3-6,11H,7-8,14H2,1-2H3;1H. The second kappa shape index (κ2) is 8.48. The zero-order valence-corrected chi connectivity index (χ0v) is 12.8. The summed E-state index contributed by atoms with van der Waals surface area (Å²) < 4.78 is 6.02. The average molecular weight is 338 g/mol. The molecule has 0 aliphatic rings. The lowest BCUT2D eigenvalue weighted by Crippen LogP contribution is -2.41. The third kappa shape index (κ3) is 4.94. The summed E-state index contributed by atoms with van der Waals surface area (Å²) in [5.41, 5.74) is 6.52. The smallest absolute Gasteiger partial charge is 0.253 e. The Morgan fingerprint density at radius 1 is 1.56 bits per heavy atom. The van der Waals surface area contributed by atoms with Crippen LogP contribution >= 0.6 is 28.3 Å². The van der Waals surface area contributed by atoms with Crippen molar-refractivity contribution in [2.24, 2.45) is 5.73 Å². The summed E-state index contributed by atoms with van der Waals surface area (Å²) in [5, 5.41) is 0. The summed E-state index contributed by atoms with van der Waals surface area (Å²) >= 11 is 3.40. The van der Waals surface area contributed by atoms with Gasteiger partial charge in [0.2, 0.25) is 0 Å². The van der Waals surface area contributed by atoms with Crippen molar-refractivity contribution >= 4 is 34.2 Å². The SMILES string of the molecule is COC(CN)C(=O)N(C)Cc1cccc(Br)c1.Cl. The highest BCUT2D eigenvalue weighted by Gasteiger charge is 2.19. The zero-order valence-electron chi connectivity index (χ0n) is 10.4. The van der Waals surface area contributed by atoms with Gasteiger partial charge >= 0.3 is 0 Å². The summed E-state index contributed by atoms with van der Waals surface area (Å²) in [6.45, 7) is 0.732. The summed E-state index contributed by atoms with van der Waals surface area (Å²) in [6.07, 6.45) is -0.563.